The lowest BCUT2D eigenvalue weighted by Gasteiger charge is -2.10. The van der Waals surface area contributed by atoms with Gasteiger partial charge in [-0.05, 0) is 36.6 Å². The van der Waals surface area contributed by atoms with Gasteiger partial charge in [0, 0.05) is 24.4 Å². The van der Waals surface area contributed by atoms with Crippen molar-refractivity contribution in [3.05, 3.63) is 69.5 Å². The molecule has 23 heavy (non-hydrogen) atoms. The standard InChI is InChI=1S/C16H16FN3O3/c17-12-5-1-3-11(9-12)4-2-8-19-15-7-6-13(20(22)23)10-14(15)16(18)21/h1,3,5-7,9-10,19H,2,4,8H2,(H2,18,21). The summed E-state index contributed by atoms with van der Waals surface area (Å²) in [4.78, 5) is 21.6. The third kappa shape index (κ3) is 4.50. The Balaban J connectivity index is 1.97. The first-order chi connectivity index (χ1) is 11.0. The molecule has 7 heteroatoms. The highest BCUT2D eigenvalue weighted by Gasteiger charge is 2.14. The molecule has 0 atom stereocenters. The fraction of sp³-hybridized carbons (Fsp3) is 0.188. The van der Waals surface area contributed by atoms with E-state index < -0.39 is 10.8 Å². The number of benzene rings is 2. The summed E-state index contributed by atoms with van der Waals surface area (Å²) in [6.07, 6.45) is 1.38. The molecule has 0 saturated carbocycles. The van der Waals surface area contributed by atoms with E-state index in [1.54, 1.807) is 6.07 Å². The predicted molar refractivity (Wildman–Crippen MR) is 84.8 cm³/mol. The van der Waals surface area contributed by atoms with Gasteiger partial charge in [-0.2, -0.15) is 0 Å². The molecule has 0 bridgehead atoms. The quantitative estimate of drug-likeness (QED) is 0.466. The van der Waals surface area contributed by atoms with E-state index in [0.29, 0.717) is 25.1 Å². The molecule has 3 N–H and O–H groups in total. The summed E-state index contributed by atoms with van der Waals surface area (Å²) in [5.41, 5.74) is 6.46. The van der Waals surface area contributed by atoms with Crippen molar-refractivity contribution in [1.82, 2.24) is 0 Å². The van der Waals surface area contributed by atoms with Crippen LogP contribution in [0.1, 0.15) is 22.3 Å². The zero-order valence-corrected chi connectivity index (χ0v) is 12.3. The normalized spacial score (nSPS) is 10.3. The van der Waals surface area contributed by atoms with E-state index in [9.17, 15) is 19.3 Å². The minimum atomic E-state index is -0.735. The van der Waals surface area contributed by atoms with E-state index in [-0.39, 0.29) is 17.1 Å². The van der Waals surface area contributed by atoms with Crippen molar-refractivity contribution < 1.29 is 14.1 Å². The molecule has 2 aromatic carbocycles. The Morgan fingerprint density at radius 2 is 2.04 bits per heavy atom. The molecule has 2 aromatic rings. The monoisotopic (exact) mass is 317 g/mol. The summed E-state index contributed by atoms with van der Waals surface area (Å²) in [6.45, 7) is 0.522. The number of nitrogens with zero attached hydrogens (tertiary/aromatic N) is 1. The minimum Gasteiger partial charge on any atom is -0.384 e. The molecule has 0 aliphatic rings. The van der Waals surface area contributed by atoms with Crippen LogP contribution in [0.25, 0.3) is 0 Å². The Labute approximate surface area is 132 Å². The zero-order chi connectivity index (χ0) is 16.8. The van der Waals surface area contributed by atoms with Gasteiger partial charge < -0.3 is 11.1 Å². The van der Waals surface area contributed by atoms with Gasteiger partial charge in [0.1, 0.15) is 5.82 Å². The van der Waals surface area contributed by atoms with Gasteiger partial charge in [-0.1, -0.05) is 12.1 Å². The van der Waals surface area contributed by atoms with Gasteiger partial charge in [-0.3, -0.25) is 14.9 Å². The third-order valence-electron chi connectivity index (χ3n) is 3.33. The average molecular weight is 317 g/mol. The molecule has 120 valence electrons. The molecule has 0 fully saturated rings. The van der Waals surface area contributed by atoms with E-state index >= 15 is 0 Å². The topological polar surface area (TPSA) is 98.3 Å². The van der Waals surface area contributed by atoms with Crippen LogP contribution < -0.4 is 11.1 Å². The average Bonchev–Trinajstić information content (AvgIpc) is 2.51. The summed E-state index contributed by atoms with van der Waals surface area (Å²) >= 11 is 0. The second-order valence-electron chi connectivity index (χ2n) is 5.01. The SMILES string of the molecule is NC(=O)c1cc([N+](=O)[O-])ccc1NCCCc1cccc(F)c1. The highest BCUT2D eigenvalue weighted by atomic mass is 19.1. The number of nitro groups is 1. The first kappa shape index (κ1) is 16.4. The van der Waals surface area contributed by atoms with Crippen molar-refractivity contribution in [3.63, 3.8) is 0 Å². The van der Waals surface area contributed by atoms with Gasteiger partial charge in [0.2, 0.25) is 0 Å². The summed E-state index contributed by atoms with van der Waals surface area (Å²) in [5, 5.41) is 13.8. The maximum atomic E-state index is 13.1. The zero-order valence-electron chi connectivity index (χ0n) is 12.3. The predicted octanol–water partition coefficient (Wildman–Crippen LogP) is 2.88. The van der Waals surface area contributed by atoms with Gasteiger partial charge in [0.25, 0.3) is 11.6 Å². The number of carbonyl (C=O) groups is 1. The number of primary amides is 1. The molecule has 0 aromatic heterocycles. The fourth-order valence-electron chi connectivity index (χ4n) is 2.21. The van der Waals surface area contributed by atoms with Gasteiger partial charge in [0.15, 0.2) is 0 Å². The van der Waals surface area contributed by atoms with Gasteiger partial charge in [-0.15, -0.1) is 0 Å². The number of carbonyl (C=O) groups excluding carboxylic acids is 1. The molecule has 2 rings (SSSR count). The molecule has 0 aliphatic carbocycles. The summed E-state index contributed by atoms with van der Waals surface area (Å²) in [7, 11) is 0. The molecule has 0 saturated heterocycles. The van der Waals surface area contributed by atoms with Crippen LogP contribution in [0.5, 0.6) is 0 Å². The number of amides is 1. The van der Waals surface area contributed by atoms with E-state index in [2.05, 4.69) is 5.32 Å². The molecule has 0 spiro atoms. The van der Waals surface area contributed by atoms with Crippen LogP contribution in [-0.4, -0.2) is 17.4 Å². The molecular formula is C16H16FN3O3. The fourth-order valence-corrected chi connectivity index (χ4v) is 2.21. The lowest BCUT2D eigenvalue weighted by molar-refractivity contribution is -0.384. The van der Waals surface area contributed by atoms with Crippen LogP contribution in [0.4, 0.5) is 15.8 Å². The Kier molecular flexibility index (Phi) is 5.24. The smallest absolute Gasteiger partial charge is 0.270 e. The molecule has 0 heterocycles. The number of hydrogen-bond acceptors (Lipinski definition) is 4. The van der Waals surface area contributed by atoms with Crippen molar-refractivity contribution in [2.45, 2.75) is 12.8 Å². The Hall–Kier alpha value is -2.96. The van der Waals surface area contributed by atoms with Crippen LogP contribution >= 0.6 is 0 Å². The van der Waals surface area contributed by atoms with Crippen molar-refractivity contribution >= 4 is 17.3 Å². The minimum absolute atomic E-state index is 0.0740. The first-order valence-corrected chi connectivity index (χ1v) is 7.04. The van der Waals surface area contributed by atoms with E-state index in [0.717, 1.165) is 11.6 Å². The number of nitro benzene ring substituents is 1. The number of aryl methyl sites for hydroxylation is 1. The maximum Gasteiger partial charge on any atom is 0.270 e. The van der Waals surface area contributed by atoms with E-state index in [1.807, 2.05) is 6.07 Å². The number of nitrogens with one attached hydrogen (secondary N) is 1. The number of anilines is 1. The summed E-state index contributed by atoms with van der Waals surface area (Å²) < 4.78 is 13.1. The molecule has 0 aliphatic heterocycles. The summed E-state index contributed by atoms with van der Waals surface area (Å²) in [6, 6.07) is 10.3. The summed E-state index contributed by atoms with van der Waals surface area (Å²) in [5.74, 6) is -1.01. The number of rotatable bonds is 7. The first-order valence-electron chi connectivity index (χ1n) is 7.04. The molecule has 0 radical (unpaired) electrons. The molecule has 0 unspecified atom stereocenters. The third-order valence-corrected chi connectivity index (χ3v) is 3.33. The van der Waals surface area contributed by atoms with Gasteiger partial charge in [-0.25, -0.2) is 4.39 Å². The van der Waals surface area contributed by atoms with E-state index in [1.165, 1.54) is 24.3 Å². The van der Waals surface area contributed by atoms with E-state index in [4.69, 9.17) is 5.73 Å². The van der Waals surface area contributed by atoms with Crippen LogP contribution in [0.2, 0.25) is 0 Å². The number of nitrogens with two attached hydrogens (primary N) is 1. The van der Waals surface area contributed by atoms with Crippen LogP contribution in [0, 0.1) is 15.9 Å². The van der Waals surface area contributed by atoms with Crippen LogP contribution in [-0.2, 0) is 6.42 Å². The van der Waals surface area contributed by atoms with Crippen molar-refractivity contribution in [1.29, 1.82) is 0 Å². The van der Waals surface area contributed by atoms with Crippen molar-refractivity contribution in [2.24, 2.45) is 5.73 Å². The molecular weight excluding hydrogens is 301 g/mol. The van der Waals surface area contributed by atoms with Crippen LogP contribution in [0.3, 0.4) is 0 Å². The lowest BCUT2D eigenvalue weighted by Crippen LogP contribution is -2.15. The molecule has 6 nitrogen and oxygen atoms in total. The maximum absolute atomic E-state index is 13.1. The second-order valence-corrected chi connectivity index (χ2v) is 5.01. The molecule has 1 amide bonds. The number of non-ortho nitro benzene ring substituents is 1. The Morgan fingerprint density at radius 3 is 2.70 bits per heavy atom. The Morgan fingerprint density at radius 1 is 1.26 bits per heavy atom. The van der Waals surface area contributed by atoms with Crippen molar-refractivity contribution in [3.8, 4) is 0 Å². The highest BCUT2D eigenvalue weighted by molar-refractivity contribution is 5.99. The Bertz CT molecular complexity index is 734. The van der Waals surface area contributed by atoms with Crippen LogP contribution in [0.15, 0.2) is 42.5 Å². The highest BCUT2D eigenvalue weighted by Crippen LogP contribution is 2.22. The number of halogens is 1. The van der Waals surface area contributed by atoms with Gasteiger partial charge >= 0.3 is 0 Å². The lowest BCUT2D eigenvalue weighted by atomic mass is 10.1. The van der Waals surface area contributed by atoms with Gasteiger partial charge in [0.05, 0.1) is 10.5 Å². The second kappa shape index (κ2) is 7.35. The van der Waals surface area contributed by atoms with Crippen molar-refractivity contribution in [2.75, 3.05) is 11.9 Å². The number of hydrogen-bond donors (Lipinski definition) is 2. The largest absolute Gasteiger partial charge is 0.384 e.